The van der Waals surface area contributed by atoms with E-state index in [4.69, 9.17) is 16.3 Å². The van der Waals surface area contributed by atoms with Crippen molar-refractivity contribution in [3.05, 3.63) is 35.0 Å². The standard InChI is InChI=1S/C19H22ClN5O2/c20-16-15(12-3-1-2-4-13(12)22-16)17-23-24-18(27-17)21-11-14(26)25-9-7-19(5-6-19)8-10-25/h1-4,17,22-23H,5-11H2,(H,21,24). The van der Waals surface area contributed by atoms with Crippen LogP contribution in [0.25, 0.3) is 10.9 Å². The molecule has 3 aliphatic rings. The van der Waals surface area contributed by atoms with Gasteiger partial charge in [0.05, 0.1) is 5.56 Å². The Morgan fingerprint density at radius 3 is 2.81 bits per heavy atom. The monoisotopic (exact) mass is 387 g/mol. The number of hydrogen-bond donors (Lipinski definition) is 3. The van der Waals surface area contributed by atoms with E-state index in [2.05, 4.69) is 20.8 Å². The van der Waals surface area contributed by atoms with Gasteiger partial charge in [0.25, 0.3) is 0 Å². The molecule has 0 radical (unpaired) electrons. The number of rotatable bonds is 3. The Morgan fingerprint density at radius 2 is 2.04 bits per heavy atom. The molecule has 3 heterocycles. The van der Waals surface area contributed by atoms with Crippen molar-refractivity contribution in [2.24, 2.45) is 10.4 Å². The second-order valence-corrected chi connectivity index (χ2v) is 8.05. The average molecular weight is 388 g/mol. The number of aromatic amines is 1. The number of aliphatic imine (C=N–C) groups is 1. The molecule has 1 aliphatic carbocycles. The summed E-state index contributed by atoms with van der Waals surface area (Å²) in [4.78, 5) is 21.8. The number of carbonyl (C=O) groups excluding carboxylic acids is 1. The minimum atomic E-state index is -0.466. The molecule has 1 spiro atoms. The van der Waals surface area contributed by atoms with Crippen molar-refractivity contribution in [2.75, 3.05) is 19.6 Å². The second-order valence-electron chi connectivity index (χ2n) is 7.67. The van der Waals surface area contributed by atoms with Crippen molar-refractivity contribution in [2.45, 2.75) is 31.9 Å². The number of para-hydroxylation sites is 1. The normalized spacial score (nSPS) is 25.0. The minimum absolute atomic E-state index is 0.0528. The lowest BCUT2D eigenvalue weighted by Crippen LogP contribution is -2.40. The fourth-order valence-electron chi connectivity index (χ4n) is 4.04. The highest BCUT2D eigenvalue weighted by molar-refractivity contribution is 6.31. The minimum Gasteiger partial charge on any atom is -0.439 e. The number of likely N-dealkylation sites (tertiary alicyclic amines) is 1. The SMILES string of the molecule is O=C(CN=C1NNC(c2c(Cl)[nH]c3ccccc23)O1)N1CCC2(CC1)CC2. The van der Waals surface area contributed by atoms with Crippen LogP contribution in [0.2, 0.25) is 5.15 Å². The van der Waals surface area contributed by atoms with E-state index < -0.39 is 6.23 Å². The Labute approximate surface area is 162 Å². The zero-order valence-corrected chi connectivity index (χ0v) is 15.7. The van der Waals surface area contributed by atoms with Crippen molar-refractivity contribution in [1.82, 2.24) is 20.7 Å². The maximum atomic E-state index is 12.4. The van der Waals surface area contributed by atoms with Crippen molar-refractivity contribution in [3.8, 4) is 0 Å². The molecule has 1 atom stereocenters. The van der Waals surface area contributed by atoms with Crippen LogP contribution in [0.15, 0.2) is 29.3 Å². The smallest absolute Gasteiger partial charge is 0.301 e. The van der Waals surface area contributed by atoms with Gasteiger partial charge in [-0.2, -0.15) is 5.43 Å². The molecule has 142 valence electrons. The Morgan fingerprint density at radius 1 is 1.26 bits per heavy atom. The first-order valence-electron chi connectivity index (χ1n) is 9.40. The van der Waals surface area contributed by atoms with Crippen LogP contribution in [0.3, 0.4) is 0 Å². The molecule has 1 aromatic heterocycles. The summed E-state index contributed by atoms with van der Waals surface area (Å²) in [6, 6.07) is 8.16. The van der Waals surface area contributed by atoms with Crippen LogP contribution in [0.4, 0.5) is 0 Å². The van der Waals surface area contributed by atoms with Gasteiger partial charge in [-0.25, -0.2) is 4.99 Å². The molecule has 2 aliphatic heterocycles. The Balaban J connectivity index is 1.22. The van der Waals surface area contributed by atoms with Crippen LogP contribution in [0.5, 0.6) is 0 Å². The number of nitrogens with one attached hydrogen (secondary N) is 3. The molecule has 8 heteroatoms. The van der Waals surface area contributed by atoms with Gasteiger partial charge in [-0.1, -0.05) is 29.8 Å². The third kappa shape index (κ3) is 3.15. The van der Waals surface area contributed by atoms with Crippen LogP contribution in [0.1, 0.15) is 37.5 Å². The lowest BCUT2D eigenvalue weighted by Gasteiger charge is -2.31. The van der Waals surface area contributed by atoms with E-state index in [1.54, 1.807) is 0 Å². The van der Waals surface area contributed by atoms with Crippen molar-refractivity contribution >= 4 is 34.4 Å². The average Bonchev–Trinajstić information content (AvgIpc) is 3.12. The summed E-state index contributed by atoms with van der Waals surface area (Å²) >= 11 is 6.35. The number of amides is 1. The van der Waals surface area contributed by atoms with Gasteiger partial charge in [-0.05, 0) is 37.2 Å². The number of nitrogens with zero attached hydrogens (tertiary/aromatic N) is 2. The van der Waals surface area contributed by atoms with Crippen LogP contribution in [-0.2, 0) is 9.53 Å². The number of H-pyrrole nitrogens is 1. The highest BCUT2D eigenvalue weighted by Crippen LogP contribution is 2.53. The van der Waals surface area contributed by atoms with E-state index in [0.29, 0.717) is 16.6 Å². The molecule has 27 heavy (non-hydrogen) atoms. The number of aromatic nitrogens is 1. The quantitative estimate of drug-likeness (QED) is 0.756. The topological polar surface area (TPSA) is 81.8 Å². The van der Waals surface area contributed by atoms with Gasteiger partial charge in [0.1, 0.15) is 11.7 Å². The van der Waals surface area contributed by atoms with Gasteiger partial charge in [0.2, 0.25) is 5.91 Å². The van der Waals surface area contributed by atoms with E-state index in [-0.39, 0.29) is 12.5 Å². The number of halogens is 1. The van der Waals surface area contributed by atoms with Gasteiger partial charge >= 0.3 is 6.02 Å². The number of fused-ring (bicyclic) bond motifs is 1. The summed E-state index contributed by atoms with van der Waals surface area (Å²) in [7, 11) is 0. The largest absolute Gasteiger partial charge is 0.439 e. The highest BCUT2D eigenvalue weighted by atomic mass is 35.5. The van der Waals surface area contributed by atoms with E-state index in [1.807, 2.05) is 29.2 Å². The van der Waals surface area contributed by atoms with Crippen molar-refractivity contribution < 1.29 is 9.53 Å². The molecule has 1 unspecified atom stereocenters. The number of carbonyl (C=O) groups is 1. The molecule has 1 aromatic carbocycles. The molecule has 0 bridgehead atoms. The van der Waals surface area contributed by atoms with E-state index in [1.165, 1.54) is 12.8 Å². The van der Waals surface area contributed by atoms with Gasteiger partial charge in [-0.15, -0.1) is 0 Å². The van der Waals surface area contributed by atoms with E-state index in [0.717, 1.165) is 42.4 Å². The predicted molar refractivity (Wildman–Crippen MR) is 103 cm³/mol. The maximum absolute atomic E-state index is 12.4. The van der Waals surface area contributed by atoms with Crippen LogP contribution >= 0.6 is 11.6 Å². The Hall–Kier alpha value is -2.25. The third-order valence-corrected chi connectivity index (χ3v) is 6.29. The van der Waals surface area contributed by atoms with Crippen molar-refractivity contribution in [1.29, 1.82) is 0 Å². The molecule has 1 saturated carbocycles. The molecule has 7 nitrogen and oxygen atoms in total. The predicted octanol–water partition coefficient (Wildman–Crippen LogP) is 2.70. The molecule has 5 rings (SSSR count). The summed E-state index contributed by atoms with van der Waals surface area (Å²) in [6.07, 6.45) is 4.46. The molecule has 3 N–H and O–H groups in total. The zero-order valence-electron chi connectivity index (χ0n) is 14.9. The molecular formula is C19H22ClN5O2. The van der Waals surface area contributed by atoms with Crippen LogP contribution in [-0.4, -0.2) is 41.4 Å². The zero-order chi connectivity index (χ0) is 18.4. The van der Waals surface area contributed by atoms with Crippen LogP contribution in [0, 0.1) is 5.41 Å². The van der Waals surface area contributed by atoms with Gasteiger partial charge in [-0.3, -0.25) is 10.2 Å². The molecule has 2 saturated heterocycles. The van der Waals surface area contributed by atoms with Gasteiger partial charge < -0.3 is 14.6 Å². The number of benzene rings is 1. The van der Waals surface area contributed by atoms with Gasteiger partial charge in [0, 0.05) is 24.0 Å². The first-order chi connectivity index (χ1) is 13.1. The number of ether oxygens (including phenoxy) is 1. The Bertz CT molecular complexity index is 910. The number of piperidine rings is 1. The summed E-state index contributed by atoms with van der Waals surface area (Å²) in [5.74, 6) is 0.0528. The number of hydrazine groups is 1. The summed E-state index contributed by atoms with van der Waals surface area (Å²) in [6.45, 7) is 1.79. The number of amidine groups is 1. The molecular weight excluding hydrogens is 366 g/mol. The summed E-state index contributed by atoms with van der Waals surface area (Å²) in [5.41, 5.74) is 8.27. The first-order valence-corrected chi connectivity index (χ1v) is 9.78. The van der Waals surface area contributed by atoms with E-state index in [9.17, 15) is 4.79 Å². The molecule has 3 fully saturated rings. The third-order valence-electron chi connectivity index (χ3n) is 5.99. The second kappa shape index (κ2) is 6.42. The fourth-order valence-corrected chi connectivity index (χ4v) is 4.34. The first kappa shape index (κ1) is 16.9. The summed E-state index contributed by atoms with van der Waals surface area (Å²) in [5, 5.41) is 1.51. The fraction of sp³-hybridized carbons (Fsp3) is 0.474. The van der Waals surface area contributed by atoms with Gasteiger partial charge in [0.15, 0.2) is 6.23 Å². The van der Waals surface area contributed by atoms with Crippen molar-refractivity contribution in [3.63, 3.8) is 0 Å². The maximum Gasteiger partial charge on any atom is 0.301 e. The molecule has 2 aromatic rings. The highest BCUT2D eigenvalue weighted by Gasteiger charge is 2.45. The Kier molecular flexibility index (Phi) is 4.02. The lowest BCUT2D eigenvalue weighted by atomic mass is 9.94. The summed E-state index contributed by atoms with van der Waals surface area (Å²) < 4.78 is 5.83. The van der Waals surface area contributed by atoms with Crippen LogP contribution < -0.4 is 10.9 Å². The number of hydrogen-bond acceptors (Lipinski definition) is 4. The lowest BCUT2D eigenvalue weighted by molar-refractivity contribution is -0.131. The van der Waals surface area contributed by atoms with E-state index >= 15 is 0 Å². The molecule has 1 amide bonds.